The number of nitro groups is 1. The number of nitrogens with zero attached hydrogens (tertiary/aromatic N) is 1. The van der Waals surface area contributed by atoms with E-state index >= 15 is 0 Å². The van der Waals surface area contributed by atoms with Crippen LogP contribution in [0.5, 0.6) is 0 Å². The molecule has 0 heterocycles. The molecule has 0 N–H and O–H groups in total. The molecule has 44 heavy (non-hydrogen) atoms. The fraction of sp³-hybridized carbons (Fsp3) is 0.500. The first-order valence-corrected chi connectivity index (χ1v) is 15.7. The van der Waals surface area contributed by atoms with Gasteiger partial charge in [0, 0.05) is 43.2 Å². The molecular formula is C34H42ClNO8. The number of alkyl halides is 1. The molecule has 5 atom stereocenters. The molecule has 9 nitrogen and oxygen atoms in total. The molecule has 238 valence electrons. The molecule has 3 rings (SSSR count). The molecule has 0 bridgehead atoms. The van der Waals surface area contributed by atoms with Gasteiger partial charge in [-0.3, -0.25) is 19.7 Å². The van der Waals surface area contributed by atoms with Gasteiger partial charge < -0.3 is 14.2 Å². The molecule has 0 radical (unpaired) electrons. The van der Waals surface area contributed by atoms with Crippen molar-refractivity contribution in [3.63, 3.8) is 0 Å². The average molecular weight is 628 g/mol. The first kappa shape index (κ1) is 34.8. The number of carbonyl (C=O) groups is 3. The minimum atomic E-state index is -0.569. The fourth-order valence-electron chi connectivity index (χ4n) is 5.69. The summed E-state index contributed by atoms with van der Waals surface area (Å²) >= 11 is 6.89. The molecule has 2 unspecified atom stereocenters. The zero-order chi connectivity index (χ0) is 32.1. The normalized spacial score (nSPS) is 20.3. The van der Waals surface area contributed by atoms with Gasteiger partial charge in [0.1, 0.15) is 12.2 Å². The first-order valence-electron chi connectivity index (χ1n) is 15.2. The highest BCUT2D eigenvalue weighted by molar-refractivity contribution is 6.21. The smallest absolute Gasteiger partial charge is 0.338 e. The van der Waals surface area contributed by atoms with Gasteiger partial charge in [-0.05, 0) is 61.3 Å². The highest BCUT2D eigenvalue weighted by Gasteiger charge is 2.45. The van der Waals surface area contributed by atoms with Gasteiger partial charge in [0.25, 0.3) is 5.69 Å². The Balaban J connectivity index is 1.82. The Morgan fingerprint density at radius 2 is 1.75 bits per heavy atom. The molecule has 2 aromatic rings. The number of esters is 3. The minimum absolute atomic E-state index is 0.0390. The van der Waals surface area contributed by atoms with Crippen LogP contribution >= 0.6 is 11.6 Å². The van der Waals surface area contributed by atoms with Crippen molar-refractivity contribution < 1.29 is 33.5 Å². The van der Waals surface area contributed by atoms with E-state index in [4.69, 9.17) is 25.8 Å². The van der Waals surface area contributed by atoms with E-state index in [9.17, 15) is 24.5 Å². The number of allylic oxidation sites excluding steroid dienone is 2. The first-order chi connectivity index (χ1) is 21.1. The van der Waals surface area contributed by atoms with Crippen LogP contribution in [0.2, 0.25) is 0 Å². The van der Waals surface area contributed by atoms with E-state index in [-0.39, 0.29) is 46.5 Å². The number of nitro benzene ring substituents is 1. The summed E-state index contributed by atoms with van der Waals surface area (Å²) in [6.07, 6.45) is 9.88. The van der Waals surface area contributed by atoms with E-state index in [0.717, 1.165) is 43.2 Å². The van der Waals surface area contributed by atoms with Crippen molar-refractivity contribution in [3.8, 4) is 0 Å². The number of rotatable bonds is 16. The van der Waals surface area contributed by atoms with Crippen LogP contribution in [0.25, 0.3) is 0 Å². The summed E-state index contributed by atoms with van der Waals surface area (Å²) in [5.74, 6) is -1.38. The van der Waals surface area contributed by atoms with Gasteiger partial charge in [0.05, 0.1) is 17.6 Å². The highest BCUT2D eigenvalue weighted by atomic mass is 35.5. The summed E-state index contributed by atoms with van der Waals surface area (Å²) in [6, 6.07) is 13.2. The van der Waals surface area contributed by atoms with Crippen LogP contribution in [0, 0.1) is 16.0 Å². The number of hydrogen-bond donors (Lipinski definition) is 0. The summed E-state index contributed by atoms with van der Waals surface area (Å²) in [6.45, 7) is 3.54. The Kier molecular flexibility index (Phi) is 13.9. The predicted octanol–water partition coefficient (Wildman–Crippen LogP) is 8.01. The summed E-state index contributed by atoms with van der Waals surface area (Å²) < 4.78 is 16.3. The lowest BCUT2D eigenvalue weighted by Gasteiger charge is -2.26. The van der Waals surface area contributed by atoms with Crippen molar-refractivity contribution in [2.45, 2.75) is 95.1 Å². The van der Waals surface area contributed by atoms with Gasteiger partial charge in [-0.15, -0.1) is 11.6 Å². The van der Waals surface area contributed by atoms with Crippen LogP contribution in [0.4, 0.5) is 5.69 Å². The molecule has 0 amide bonds. The summed E-state index contributed by atoms with van der Waals surface area (Å²) in [5, 5.41) is 10.8. The van der Waals surface area contributed by atoms with Crippen molar-refractivity contribution >= 4 is 35.2 Å². The average Bonchev–Trinajstić information content (AvgIpc) is 3.31. The van der Waals surface area contributed by atoms with Gasteiger partial charge in [0.2, 0.25) is 0 Å². The van der Waals surface area contributed by atoms with Crippen molar-refractivity contribution in [1.82, 2.24) is 0 Å². The van der Waals surface area contributed by atoms with Crippen LogP contribution in [0.1, 0.15) is 105 Å². The van der Waals surface area contributed by atoms with E-state index in [0.29, 0.717) is 25.7 Å². The third-order valence-corrected chi connectivity index (χ3v) is 8.48. The SMILES string of the molecule is CCCCCC(OC(C)=O)c1ccc([C@H]2C(OC(=O)c3ccc([N+](=O)[O-])cc3)C[C@@H](Cl)[C@@H]2C/C=C\CCCC(=O)OC)cc1. The number of methoxy groups -OCH3 is 1. The van der Waals surface area contributed by atoms with Crippen LogP contribution < -0.4 is 0 Å². The molecule has 0 spiro atoms. The zero-order valence-corrected chi connectivity index (χ0v) is 26.4. The second kappa shape index (κ2) is 17.5. The maximum absolute atomic E-state index is 13.1. The van der Waals surface area contributed by atoms with Crippen molar-refractivity contribution in [2.24, 2.45) is 5.92 Å². The predicted molar refractivity (Wildman–Crippen MR) is 168 cm³/mol. The lowest BCUT2D eigenvalue weighted by atomic mass is 9.84. The molecule has 0 aromatic heterocycles. The maximum Gasteiger partial charge on any atom is 0.338 e. The number of benzene rings is 2. The Morgan fingerprint density at radius 3 is 2.36 bits per heavy atom. The summed E-state index contributed by atoms with van der Waals surface area (Å²) in [7, 11) is 1.37. The monoisotopic (exact) mass is 627 g/mol. The number of halogens is 1. The van der Waals surface area contributed by atoms with Crippen LogP contribution in [-0.4, -0.2) is 41.4 Å². The number of unbranched alkanes of at least 4 members (excludes halogenated alkanes) is 3. The number of hydrogen-bond acceptors (Lipinski definition) is 8. The maximum atomic E-state index is 13.1. The Bertz CT molecular complexity index is 1280. The molecule has 2 aromatic carbocycles. The molecule has 1 aliphatic rings. The topological polar surface area (TPSA) is 122 Å². The van der Waals surface area contributed by atoms with E-state index in [2.05, 4.69) is 13.0 Å². The third kappa shape index (κ3) is 10.2. The molecule has 1 fully saturated rings. The third-order valence-electron chi connectivity index (χ3n) is 7.98. The van der Waals surface area contributed by atoms with E-state index in [1.165, 1.54) is 38.3 Å². The van der Waals surface area contributed by atoms with E-state index in [1.807, 2.05) is 30.3 Å². The van der Waals surface area contributed by atoms with Gasteiger partial charge in [0.15, 0.2) is 0 Å². The second-order valence-electron chi connectivity index (χ2n) is 11.1. The van der Waals surface area contributed by atoms with Crippen LogP contribution in [-0.2, 0) is 23.8 Å². The van der Waals surface area contributed by atoms with Gasteiger partial charge in [-0.1, -0.05) is 56.2 Å². The zero-order valence-electron chi connectivity index (χ0n) is 25.6. The molecule has 0 saturated heterocycles. The number of carbonyl (C=O) groups excluding carboxylic acids is 3. The lowest BCUT2D eigenvalue weighted by Crippen LogP contribution is -2.24. The molecule has 0 aliphatic heterocycles. The van der Waals surface area contributed by atoms with Gasteiger partial charge >= 0.3 is 17.9 Å². The summed E-state index contributed by atoms with van der Waals surface area (Å²) in [5.41, 5.74) is 1.97. The molecule has 10 heteroatoms. The minimum Gasteiger partial charge on any atom is -0.469 e. The fourth-order valence-corrected chi connectivity index (χ4v) is 6.13. The van der Waals surface area contributed by atoms with Crippen molar-refractivity contribution in [1.29, 1.82) is 0 Å². The molecule has 1 saturated carbocycles. The van der Waals surface area contributed by atoms with E-state index < -0.39 is 17.0 Å². The molecule has 1 aliphatic carbocycles. The highest BCUT2D eigenvalue weighted by Crippen LogP contribution is 2.46. The van der Waals surface area contributed by atoms with Gasteiger partial charge in [-0.2, -0.15) is 0 Å². The Labute approximate surface area is 264 Å². The number of non-ortho nitro benzene ring substituents is 1. The van der Waals surface area contributed by atoms with Gasteiger partial charge in [-0.25, -0.2) is 4.79 Å². The Hall–Kier alpha value is -3.72. The van der Waals surface area contributed by atoms with Crippen LogP contribution in [0.15, 0.2) is 60.7 Å². The summed E-state index contributed by atoms with van der Waals surface area (Å²) in [4.78, 5) is 46.8. The van der Waals surface area contributed by atoms with Crippen LogP contribution in [0.3, 0.4) is 0 Å². The largest absolute Gasteiger partial charge is 0.469 e. The molecular weight excluding hydrogens is 586 g/mol. The number of ether oxygens (including phenoxy) is 3. The second-order valence-corrected chi connectivity index (χ2v) is 11.7. The van der Waals surface area contributed by atoms with Crippen molar-refractivity contribution in [2.75, 3.05) is 7.11 Å². The van der Waals surface area contributed by atoms with Crippen molar-refractivity contribution in [3.05, 3.63) is 87.5 Å². The standard InChI is InChI=1S/C34H42ClNO8/c1-4-5-8-12-30(43-23(2)37)24-14-16-25(17-15-24)33-28(11-9-6-7-10-13-32(38)42-3)29(35)22-31(33)44-34(39)26-18-20-27(21-19-26)36(40)41/h6,9,14-21,28-31,33H,4-5,7-8,10-13,22H2,1-3H3/b9-6-/t28-,29+,30?,31?,33+/m0/s1. The van der Waals surface area contributed by atoms with E-state index in [1.54, 1.807) is 0 Å². The Morgan fingerprint density at radius 1 is 1.05 bits per heavy atom. The lowest BCUT2D eigenvalue weighted by molar-refractivity contribution is -0.384. The quantitative estimate of drug-likeness (QED) is 0.0349.